The molecule has 0 saturated carbocycles. The number of quaternary nitrogens is 2. The average Bonchev–Trinajstić information content (AvgIpc) is 3.05. The van der Waals surface area contributed by atoms with E-state index in [0.29, 0.717) is 17.6 Å². The Bertz CT molecular complexity index is 572. The van der Waals surface area contributed by atoms with E-state index in [-0.39, 0.29) is 17.6 Å². The smallest absolute Gasteiger partial charge is 0.359 e. The summed E-state index contributed by atoms with van der Waals surface area (Å²) in [5.74, 6) is -0.738. The van der Waals surface area contributed by atoms with E-state index in [2.05, 4.69) is 11.9 Å². The van der Waals surface area contributed by atoms with E-state index in [0.717, 1.165) is 18.7 Å². The third-order valence-electron chi connectivity index (χ3n) is 5.80. The molecular formula is C24H49N3O5+2. The van der Waals surface area contributed by atoms with Crippen LogP contribution in [0.15, 0.2) is 4.99 Å². The number of carboxylic acid groups (broad SMARTS) is 2. The van der Waals surface area contributed by atoms with Crippen molar-refractivity contribution in [2.24, 2.45) is 4.99 Å². The molecule has 0 aromatic heterocycles. The van der Waals surface area contributed by atoms with Crippen LogP contribution in [0.25, 0.3) is 0 Å². The van der Waals surface area contributed by atoms with Crippen molar-refractivity contribution in [2.45, 2.75) is 90.7 Å². The van der Waals surface area contributed by atoms with Gasteiger partial charge in [0, 0.05) is 13.3 Å². The summed E-state index contributed by atoms with van der Waals surface area (Å²) >= 11 is 0. The summed E-state index contributed by atoms with van der Waals surface area (Å²) < 4.78 is 0.613. The van der Waals surface area contributed by atoms with Gasteiger partial charge in [-0.15, -0.1) is 0 Å². The number of hydrogen-bond donors (Lipinski definition) is 3. The van der Waals surface area contributed by atoms with Gasteiger partial charge in [-0.05, 0) is 6.42 Å². The first-order valence-electron chi connectivity index (χ1n) is 12.3. The third-order valence-corrected chi connectivity index (χ3v) is 5.80. The van der Waals surface area contributed by atoms with Gasteiger partial charge < -0.3 is 19.8 Å². The molecule has 32 heavy (non-hydrogen) atoms. The monoisotopic (exact) mass is 459 g/mol. The Kier molecular flexibility index (Phi) is 15.4. The first-order chi connectivity index (χ1) is 14.9. The number of nitrogens with zero attached hydrogens (tertiary/aromatic N) is 3. The molecule has 0 aromatic carbocycles. The minimum absolute atomic E-state index is 0.0613. The maximum absolute atomic E-state index is 11.2. The van der Waals surface area contributed by atoms with Crippen molar-refractivity contribution < 1.29 is 33.9 Å². The molecule has 2 unspecified atom stereocenters. The number of aliphatic imine (C=N–C) groups is 1. The molecule has 2 atom stereocenters. The molecule has 0 bridgehead atoms. The van der Waals surface area contributed by atoms with Crippen LogP contribution in [0.4, 0.5) is 0 Å². The van der Waals surface area contributed by atoms with Gasteiger partial charge in [0.25, 0.3) is 0 Å². The van der Waals surface area contributed by atoms with Crippen LogP contribution in [-0.4, -0.2) is 95.6 Å². The fourth-order valence-corrected chi connectivity index (χ4v) is 4.05. The third kappa shape index (κ3) is 13.8. The lowest BCUT2D eigenvalue weighted by atomic mass is 10.1. The molecule has 1 rings (SSSR count). The van der Waals surface area contributed by atoms with Crippen molar-refractivity contribution in [3.05, 3.63) is 0 Å². The molecule has 0 saturated heterocycles. The Morgan fingerprint density at radius 3 is 1.81 bits per heavy atom. The van der Waals surface area contributed by atoms with Gasteiger partial charge in [0.15, 0.2) is 19.3 Å². The van der Waals surface area contributed by atoms with E-state index in [4.69, 9.17) is 5.11 Å². The van der Waals surface area contributed by atoms with E-state index >= 15 is 0 Å². The Morgan fingerprint density at radius 2 is 1.44 bits per heavy atom. The zero-order valence-electron chi connectivity index (χ0n) is 21.2. The van der Waals surface area contributed by atoms with Crippen LogP contribution >= 0.6 is 0 Å². The number of likely N-dealkylation sites (N-methyl/N-ethyl adjacent to an activating group) is 1. The van der Waals surface area contributed by atoms with Gasteiger partial charge in [-0.3, -0.25) is 0 Å². The van der Waals surface area contributed by atoms with E-state index in [1.807, 2.05) is 21.1 Å². The molecule has 8 nitrogen and oxygen atoms in total. The molecule has 8 heteroatoms. The second-order valence-corrected chi connectivity index (χ2v) is 10.0. The highest BCUT2D eigenvalue weighted by Gasteiger charge is 2.43. The minimum atomic E-state index is -0.867. The SMILES string of the molecule is CCCCCCCCCCCCC1=NCC[N+]1(CC(=O)O)C(C)O.C[N+](C)(C)CC(=O)O. The summed E-state index contributed by atoms with van der Waals surface area (Å²) in [6, 6.07) is 0. The fraction of sp³-hybridized carbons (Fsp3) is 0.875. The topological polar surface area (TPSA) is 107 Å². The standard InChI is InChI=1S/C19H36N2O3.C5H11NO2/c1-3-4-5-6-7-8-9-10-11-12-13-18-20-14-15-21(18,17(2)22)16-19(23)24;1-6(2,3)4-5(7)8/h17,22H,3-16H2,1-2H3;4H2,1-3H3/p+2. The summed E-state index contributed by atoms with van der Waals surface area (Å²) in [5, 5.41) is 27.5. The van der Waals surface area contributed by atoms with E-state index in [1.54, 1.807) is 6.92 Å². The van der Waals surface area contributed by atoms with E-state index in [1.165, 1.54) is 57.8 Å². The minimum Gasteiger partial charge on any atom is -0.477 e. The lowest BCUT2D eigenvalue weighted by Crippen LogP contribution is -2.59. The maximum atomic E-state index is 11.2. The molecule has 0 amide bonds. The lowest BCUT2D eigenvalue weighted by Gasteiger charge is -2.35. The first-order valence-corrected chi connectivity index (χ1v) is 12.3. The van der Waals surface area contributed by atoms with Crippen molar-refractivity contribution in [1.29, 1.82) is 0 Å². The molecule has 1 aliphatic rings. The van der Waals surface area contributed by atoms with Crippen LogP contribution in [0.3, 0.4) is 0 Å². The Balaban J connectivity index is 0.00000102. The molecule has 0 aromatic rings. The number of hydrogen-bond acceptors (Lipinski definition) is 4. The second kappa shape index (κ2) is 16.2. The molecule has 1 aliphatic heterocycles. The number of aliphatic carboxylic acids is 2. The normalized spacial score (nSPS) is 19.1. The maximum Gasteiger partial charge on any atom is 0.359 e. The fourth-order valence-electron chi connectivity index (χ4n) is 4.05. The Labute approximate surface area is 195 Å². The number of amidine groups is 1. The first kappa shape index (κ1) is 30.5. The highest BCUT2D eigenvalue weighted by Crippen LogP contribution is 2.23. The number of carbonyl (C=O) groups is 2. The number of carboxylic acids is 2. The van der Waals surface area contributed by atoms with Gasteiger partial charge in [-0.25, -0.2) is 19.1 Å². The van der Waals surface area contributed by atoms with Gasteiger partial charge in [0.05, 0.1) is 27.7 Å². The van der Waals surface area contributed by atoms with Crippen molar-refractivity contribution in [3.63, 3.8) is 0 Å². The highest BCUT2D eigenvalue weighted by atomic mass is 16.4. The van der Waals surface area contributed by atoms with Crippen LogP contribution in [-0.2, 0) is 9.59 Å². The number of rotatable bonds is 16. The predicted molar refractivity (Wildman–Crippen MR) is 129 cm³/mol. The van der Waals surface area contributed by atoms with E-state index in [9.17, 15) is 19.8 Å². The molecule has 188 valence electrons. The summed E-state index contributed by atoms with van der Waals surface area (Å²) in [6.45, 7) is 5.29. The molecular weight excluding hydrogens is 410 g/mol. The molecule has 0 spiro atoms. The predicted octanol–water partition coefficient (Wildman–Crippen LogP) is 3.73. The van der Waals surface area contributed by atoms with Gasteiger partial charge in [-0.2, -0.15) is 0 Å². The van der Waals surface area contributed by atoms with Gasteiger partial charge >= 0.3 is 11.9 Å². The lowest BCUT2D eigenvalue weighted by molar-refractivity contribution is -0.877. The molecule has 0 radical (unpaired) electrons. The van der Waals surface area contributed by atoms with Crippen molar-refractivity contribution in [1.82, 2.24) is 0 Å². The van der Waals surface area contributed by atoms with Gasteiger partial charge in [0.2, 0.25) is 5.84 Å². The van der Waals surface area contributed by atoms with Gasteiger partial charge in [0.1, 0.15) is 6.54 Å². The number of unbranched alkanes of at least 4 members (excludes halogenated alkanes) is 9. The molecule has 0 fully saturated rings. The van der Waals surface area contributed by atoms with Crippen LogP contribution in [0.2, 0.25) is 0 Å². The zero-order chi connectivity index (χ0) is 24.6. The van der Waals surface area contributed by atoms with Crippen LogP contribution < -0.4 is 0 Å². The van der Waals surface area contributed by atoms with Crippen molar-refractivity contribution >= 4 is 17.8 Å². The van der Waals surface area contributed by atoms with Crippen LogP contribution in [0.1, 0.15) is 84.5 Å². The number of aliphatic hydroxyl groups is 1. The summed E-state index contributed by atoms with van der Waals surface area (Å²) in [7, 11) is 5.52. The van der Waals surface area contributed by atoms with E-state index < -0.39 is 18.2 Å². The Hall–Kier alpha value is -1.51. The summed E-state index contributed by atoms with van der Waals surface area (Å²) in [5.41, 5.74) is 0. The summed E-state index contributed by atoms with van der Waals surface area (Å²) in [4.78, 5) is 25.7. The largest absolute Gasteiger partial charge is 0.477 e. The second-order valence-electron chi connectivity index (χ2n) is 10.0. The van der Waals surface area contributed by atoms with Crippen LogP contribution in [0, 0.1) is 0 Å². The molecule has 3 N–H and O–H groups in total. The summed E-state index contributed by atoms with van der Waals surface area (Å²) in [6.07, 6.45) is 13.0. The van der Waals surface area contributed by atoms with Crippen LogP contribution in [0.5, 0.6) is 0 Å². The average molecular weight is 460 g/mol. The Morgan fingerprint density at radius 1 is 0.938 bits per heavy atom. The van der Waals surface area contributed by atoms with Crippen molar-refractivity contribution in [2.75, 3.05) is 47.3 Å². The number of aliphatic hydroxyl groups excluding tert-OH is 1. The zero-order valence-corrected chi connectivity index (χ0v) is 21.2. The molecule has 1 heterocycles. The van der Waals surface area contributed by atoms with Crippen molar-refractivity contribution in [3.8, 4) is 0 Å². The molecule has 0 aliphatic carbocycles. The quantitative estimate of drug-likeness (QED) is 0.241. The van der Waals surface area contributed by atoms with Gasteiger partial charge in [-0.1, -0.05) is 64.7 Å². The highest BCUT2D eigenvalue weighted by molar-refractivity contribution is 5.80.